The summed E-state index contributed by atoms with van der Waals surface area (Å²) in [5.74, 6) is 0.0466. The Morgan fingerprint density at radius 1 is 1.24 bits per heavy atom. The molecular formula is C13H13NOS2. The van der Waals surface area contributed by atoms with Gasteiger partial charge >= 0.3 is 0 Å². The Morgan fingerprint density at radius 3 is 2.65 bits per heavy atom. The van der Waals surface area contributed by atoms with Crippen molar-refractivity contribution in [3.05, 3.63) is 52.2 Å². The normalized spacial score (nSPS) is 10.2. The van der Waals surface area contributed by atoms with Gasteiger partial charge < -0.3 is 5.32 Å². The van der Waals surface area contributed by atoms with Gasteiger partial charge in [-0.05, 0) is 29.1 Å². The van der Waals surface area contributed by atoms with Crippen molar-refractivity contribution in [1.82, 2.24) is 5.32 Å². The molecule has 0 radical (unpaired) electrons. The van der Waals surface area contributed by atoms with Gasteiger partial charge in [0.05, 0.1) is 13.0 Å². The molecule has 0 spiro atoms. The first-order valence-electron chi connectivity index (χ1n) is 5.31. The van der Waals surface area contributed by atoms with E-state index in [0.717, 1.165) is 10.5 Å². The average Bonchev–Trinajstić information content (AvgIpc) is 2.83. The highest BCUT2D eigenvalue weighted by Gasteiger charge is 2.03. The van der Waals surface area contributed by atoms with Gasteiger partial charge in [0.2, 0.25) is 5.91 Å². The molecule has 0 saturated carbocycles. The average molecular weight is 263 g/mol. The second kappa shape index (κ2) is 5.89. The van der Waals surface area contributed by atoms with Gasteiger partial charge in [0, 0.05) is 9.77 Å². The van der Waals surface area contributed by atoms with Crippen LogP contribution in [0.15, 0.2) is 46.7 Å². The minimum Gasteiger partial charge on any atom is -0.351 e. The SMILES string of the molecule is O=C(Cc1ccc(S)cc1)NCc1cccs1. The molecule has 0 saturated heterocycles. The molecule has 88 valence electrons. The number of thiophene rings is 1. The van der Waals surface area contributed by atoms with Crippen LogP contribution in [0.5, 0.6) is 0 Å². The minimum atomic E-state index is 0.0466. The Balaban J connectivity index is 1.83. The van der Waals surface area contributed by atoms with E-state index in [1.54, 1.807) is 11.3 Å². The molecular weight excluding hydrogens is 250 g/mol. The molecule has 2 rings (SSSR count). The quantitative estimate of drug-likeness (QED) is 0.816. The van der Waals surface area contributed by atoms with E-state index in [-0.39, 0.29) is 5.91 Å². The molecule has 4 heteroatoms. The number of hydrogen-bond acceptors (Lipinski definition) is 3. The van der Waals surface area contributed by atoms with Gasteiger partial charge in [-0.25, -0.2) is 0 Å². The lowest BCUT2D eigenvalue weighted by Gasteiger charge is -2.04. The Kier molecular flexibility index (Phi) is 4.23. The predicted molar refractivity (Wildman–Crippen MR) is 73.6 cm³/mol. The number of nitrogens with one attached hydrogen (secondary N) is 1. The van der Waals surface area contributed by atoms with Gasteiger partial charge in [0.15, 0.2) is 0 Å². The monoisotopic (exact) mass is 263 g/mol. The number of thiol groups is 1. The summed E-state index contributed by atoms with van der Waals surface area (Å²) >= 11 is 5.85. The molecule has 0 aliphatic rings. The molecule has 0 fully saturated rings. The van der Waals surface area contributed by atoms with E-state index in [1.807, 2.05) is 41.8 Å². The van der Waals surface area contributed by atoms with E-state index in [4.69, 9.17) is 0 Å². The lowest BCUT2D eigenvalue weighted by Crippen LogP contribution is -2.24. The van der Waals surface area contributed by atoms with Gasteiger partial charge in [0.1, 0.15) is 0 Å². The Bertz CT molecular complexity index is 477. The van der Waals surface area contributed by atoms with E-state index < -0.39 is 0 Å². The van der Waals surface area contributed by atoms with Crippen molar-refractivity contribution < 1.29 is 4.79 Å². The van der Waals surface area contributed by atoms with Crippen molar-refractivity contribution in [1.29, 1.82) is 0 Å². The van der Waals surface area contributed by atoms with Crippen molar-refractivity contribution in [2.45, 2.75) is 17.9 Å². The van der Waals surface area contributed by atoms with Crippen LogP contribution in [0.4, 0.5) is 0 Å². The third kappa shape index (κ3) is 3.91. The fourth-order valence-electron chi connectivity index (χ4n) is 1.46. The number of carbonyl (C=O) groups excluding carboxylic acids is 1. The smallest absolute Gasteiger partial charge is 0.224 e. The summed E-state index contributed by atoms with van der Waals surface area (Å²) in [4.78, 5) is 13.7. The van der Waals surface area contributed by atoms with Crippen LogP contribution < -0.4 is 5.32 Å². The zero-order valence-corrected chi connectivity index (χ0v) is 10.9. The number of hydrogen-bond donors (Lipinski definition) is 2. The second-order valence-electron chi connectivity index (χ2n) is 3.70. The zero-order chi connectivity index (χ0) is 12.1. The van der Waals surface area contributed by atoms with Crippen LogP contribution in [-0.2, 0) is 17.8 Å². The summed E-state index contributed by atoms with van der Waals surface area (Å²) in [7, 11) is 0. The molecule has 2 nitrogen and oxygen atoms in total. The van der Waals surface area contributed by atoms with Crippen LogP contribution in [0.25, 0.3) is 0 Å². The Labute approximate surface area is 110 Å². The number of benzene rings is 1. The maximum Gasteiger partial charge on any atom is 0.224 e. The minimum absolute atomic E-state index is 0.0466. The first kappa shape index (κ1) is 12.2. The molecule has 1 amide bonds. The van der Waals surface area contributed by atoms with E-state index in [1.165, 1.54) is 4.88 Å². The van der Waals surface area contributed by atoms with Gasteiger partial charge in [-0.2, -0.15) is 0 Å². The zero-order valence-electron chi connectivity index (χ0n) is 9.22. The molecule has 1 aromatic carbocycles. The van der Waals surface area contributed by atoms with Crippen LogP contribution in [0.2, 0.25) is 0 Å². The number of carbonyl (C=O) groups is 1. The lowest BCUT2D eigenvalue weighted by molar-refractivity contribution is -0.120. The number of rotatable bonds is 4. The molecule has 0 aliphatic carbocycles. The fraction of sp³-hybridized carbons (Fsp3) is 0.154. The first-order chi connectivity index (χ1) is 8.24. The predicted octanol–water partition coefficient (Wildman–Crippen LogP) is 2.90. The highest BCUT2D eigenvalue weighted by Crippen LogP contribution is 2.09. The van der Waals surface area contributed by atoms with Crippen molar-refractivity contribution in [3.8, 4) is 0 Å². The first-order valence-corrected chi connectivity index (χ1v) is 6.64. The highest BCUT2D eigenvalue weighted by molar-refractivity contribution is 7.80. The maximum absolute atomic E-state index is 11.7. The topological polar surface area (TPSA) is 29.1 Å². The molecule has 2 aromatic rings. The second-order valence-corrected chi connectivity index (χ2v) is 5.25. The highest BCUT2D eigenvalue weighted by atomic mass is 32.1. The standard InChI is InChI=1S/C13H13NOS2/c15-13(14-9-12-2-1-7-17-12)8-10-3-5-11(16)6-4-10/h1-7,16H,8-9H2,(H,14,15). The molecule has 0 atom stereocenters. The molecule has 0 unspecified atom stereocenters. The van der Waals surface area contributed by atoms with Crippen molar-refractivity contribution in [3.63, 3.8) is 0 Å². The third-order valence-electron chi connectivity index (χ3n) is 2.34. The summed E-state index contributed by atoms with van der Waals surface area (Å²) in [5, 5.41) is 4.91. The molecule has 1 heterocycles. The molecule has 0 aliphatic heterocycles. The summed E-state index contributed by atoms with van der Waals surface area (Å²) in [6.45, 7) is 0.612. The molecule has 17 heavy (non-hydrogen) atoms. The van der Waals surface area contributed by atoms with Crippen LogP contribution >= 0.6 is 24.0 Å². The largest absolute Gasteiger partial charge is 0.351 e. The van der Waals surface area contributed by atoms with Gasteiger partial charge in [-0.15, -0.1) is 24.0 Å². The molecule has 0 bridgehead atoms. The van der Waals surface area contributed by atoms with Crippen LogP contribution in [-0.4, -0.2) is 5.91 Å². The van der Waals surface area contributed by atoms with Crippen LogP contribution in [0, 0.1) is 0 Å². The molecule has 1 N–H and O–H groups in total. The van der Waals surface area contributed by atoms with E-state index in [0.29, 0.717) is 13.0 Å². The van der Waals surface area contributed by atoms with E-state index in [9.17, 15) is 4.79 Å². The third-order valence-corrected chi connectivity index (χ3v) is 3.52. The molecule has 1 aromatic heterocycles. The number of amides is 1. The van der Waals surface area contributed by atoms with Gasteiger partial charge in [0.25, 0.3) is 0 Å². The van der Waals surface area contributed by atoms with Crippen LogP contribution in [0.1, 0.15) is 10.4 Å². The fourth-order valence-corrected chi connectivity index (χ4v) is 2.25. The van der Waals surface area contributed by atoms with Crippen molar-refractivity contribution in [2.75, 3.05) is 0 Å². The van der Waals surface area contributed by atoms with Crippen molar-refractivity contribution in [2.24, 2.45) is 0 Å². The Hall–Kier alpha value is -1.26. The van der Waals surface area contributed by atoms with E-state index >= 15 is 0 Å². The summed E-state index contributed by atoms with van der Waals surface area (Å²) in [5.41, 5.74) is 1.01. The Morgan fingerprint density at radius 2 is 2.00 bits per heavy atom. The van der Waals surface area contributed by atoms with Crippen molar-refractivity contribution >= 4 is 29.9 Å². The summed E-state index contributed by atoms with van der Waals surface area (Å²) in [6.07, 6.45) is 0.416. The van der Waals surface area contributed by atoms with Gasteiger partial charge in [-0.1, -0.05) is 18.2 Å². The van der Waals surface area contributed by atoms with E-state index in [2.05, 4.69) is 17.9 Å². The van der Waals surface area contributed by atoms with Crippen LogP contribution in [0.3, 0.4) is 0 Å². The van der Waals surface area contributed by atoms with Gasteiger partial charge in [-0.3, -0.25) is 4.79 Å². The maximum atomic E-state index is 11.7. The summed E-state index contributed by atoms with van der Waals surface area (Å²) < 4.78 is 0. The lowest BCUT2D eigenvalue weighted by atomic mass is 10.1. The summed E-state index contributed by atoms with van der Waals surface area (Å²) in [6, 6.07) is 11.6.